The Balaban J connectivity index is 2.72. The number of aryl methyl sites for hydroxylation is 1. The molecule has 1 atom stereocenters. The molecule has 1 aromatic rings. The molecule has 1 heterocycles. The molecule has 0 aliphatic rings. The summed E-state index contributed by atoms with van der Waals surface area (Å²) in [5, 5.41) is 15.6. The van der Waals surface area contributed by atoms with Gasteiger partial charge in [-0.1, -0.05) is 6.92 Å². The maximum Gasteiger partial charge on any atom is 0.339 e. The fourth-order valence-electron chi connectivity index (χ4n) is 1.95. The second-order valence-corrected chi connectivity index (χ2v) is 4.65. The predicted molar refractivity (Wildman–Crippen MR) is 69.7 cm³/mol. The molecule has 0 radical (unpaired) electrons. The van der Waals surface area contributed by atoms with E-state index in [1.54, 1.807) is 18.8 Å². The SMILES string of the molecule is CNC(=O)C(C)CN(C)Cc1c(C(=O)O)cnn1C. The molecule has 0 saturated carbocycles. The lowest BCUT2D eigenvalue weighted by Gasteiger charge is -2.20. The third kappa shape index (κ3) is 3.78. The Labute approximate surface area is 112 Å². The molecule has 19 heavy (non-hydrogen) atoms. The Morgan fingerprint density at radius 3 is 2.74 bits per heavy atom. The zero-order valence-corrected chi connectivity index (χ0v) is 11.7. The van der Waals surface area contributed by atoms with E-state index in [4.69, 9.17) is 5.11 Å². The molecule has 1 amide bonds. The molecular formula is C12H20N4O3. The second kappa shape index (κ2) is 6.33. The van der Waals surface area contributed by atoms with Crippen molar-refractivity contribution < 1.29 is 14.7 Å². The maximum atomic E-state index is 11.4. The lowest BCUT2D eigenvalue weighted by Crippen LogP contribution is -2.34. The molecule has 0 aliphatic heterocycles. The molecule has 7 heteroatoms. The fraction of sp³-hybridized carbons (Fsp3) is 0.583. The Kier molecular flexibility index (Phi) is 5.05. The first-order valence-electron chi connectivity index (χ1n) is 6.01. The minimum absolute atomic E-state index is 0.0321. The average molecular weight is 268 g/mol. The molecule has 0 fully saturated rings. The average Bonchev–Trinajstić information content (AvgIpc) is 2.69. The van der Waals surface area contributed by atoms with Crippen LogP contribution in [0.1, 0.15) is 23.0 Å². The topological polar surface area (TPSA) is 87.5 Å². The highest BCUT2D eigenvalue weighted by atomic mass is 16.4. The van der Waals surface area contributed by atoms with E-state index in [-0.39, 0.29) is 17.4 Å². The predicted octanol–water partition coefficient (Wildman–Crippen LogP) is -0.0678. The van der Waals surface area contributed by atoms with Crippen LogP contribution in [-0.2, 0) is 18.4 Å². The molecule has 106 valence electrons. The van der Waals surface area contributed by atoms with E-state index in [0.717, 1.165) is 0 Å². The number of amides is 1. The number of nitrogens with one attached hydrogen (secondary N) is 1. The molecule has 0 saturated heterocycles. The van der Waals surface area contributed by atoms with Gasteiger partial charge in [-0.05, 0) is 7.05 Å². The summed E-state index contributed by atoms with van der Waals surface area (Å²) in [5.41, 5.74) is 0.820. The molecular weight excluding hydrogens is 248 g/mol. The summed E-state index contributed by atoms with van der Waals surface area (Å²) in [5.74, 6) is -1.18. The van der Waals surface area contributed by atoms with E-state index >= 15 is 0 Å². The highest BCUT2D eigenvalue weighted by Gasteiger charge is 2.19. The Morgan fingerprint density at radius 2 is 2.21 bits per heavy atom. The summed E-state index contributed by atoms with van der Waals surface area (Å²) in [4.78, 5) is 24.4. The first-order chi connectivity index (χ1) is 8.86. The largest absolute Gasteiger partial charge is 0.478 e. The number of hydrogen-bond donors (Lipinski definition) is 2. The lowest BCUT2D eigenvalue weighted by molar-refractivity contribution is -0.124. The molecule has 0 aromatic carbocycles. The summed E-state index contributed by atoms with van der Waals surface area (Å²) in [7, 11) is 5.15. The van der Waals surface area contributed by atoms with Crippen molar-refractivity contribution in [2.75, 3.05) is 20.6 Å². The molecule has 0 bridgehead atoms. The standard InChI is InChI=1S/C12H20N4O3/c1-8(11(17)13-2)6-15(3)7-10-9(12(18)19)5-14-16(10)4/h5,8H,6-7H2,1-4H3,(H,13,17)(H,18,19). The Morgan fingerprint density at radius 1 is 1.58 bits per heavy atom. The zero-order valence-electron chi connectivity index (χ0n) is 11.7. The lowest BCUT2D eigenvalue weighted by atomic mass is 10.1. The van der Waals surface area contributed by atoms with E-state index in [9.17, 15) is 9.59 Å². The molecule has 2 N–H and O–H groups in total. The number of carboxylic acids is 1. The van der Waals surface area contributed by atoms with Crippen LogP contribution in [-0.4, -0.2) is 52.3 Å². The molecule has 0 aliphatic carbocycles. The summed E-state index contributed by atoms with van der Waals surface area (Å²) >= 11 is 0. The van der Waals surface area contributed by atoms with Gasteiger partial charge in [0.1, 0.15) is 5.56 Å². The van der Waals surface area contributed by atoms with E-state index in [1.165, 1.54) is 6.20 Å². The van der Waals surface area contributed by atoms with Gasteiger partial charge in [-0.2, -0.15) is 5.10 Å². The summed E-state index contributed by atoms with van der Waals surface area (Å²) in [6.45, 7) is 2.81. The quantitative estimate of drug-likeness (QED) is 0.754. The summed E-state index contributed by atoms with van der Waals surface area (Å²) < 4.78 is 1.55. The van der Waals surface area contributed by atoms with Gasteiger partial charge in [-0.15, -0.1) is 0 Å². The summed E-state index contributed by atoms with van der Waals surface area (Å²) in [6, 6.07) is 0. The third-order valence-electron chi connectivity index (χ3n) is 2.99. The Hall–Kier alpha value is -1.89. The number of aromatic nitrogens is 2. The van der Waals surface area contributed by atoms with Crippen molar-refractivity contribution in [3.63, 3.8) is 0 Å². The van der Waals surface area contributed by atoms with Crippen LogP contribution < -0.4 is 5.32 Å². The number of carboxylic acid groups (broad SMARTS) is 1. The van der Waals surface area contributed by atoms with Gasteiger partial charge in [0.2, 0.25) is 5.91 Å². The van der Waals surface area contributed by atoms with Crippen LogP contribution in [0, 0.1) is 5.92 Å². The monoisotopic (exact) mass is 268 g/mol. The van der Waals surface area contributed by atoms with Gasteiger partial charge in [0, 0.05) is 33.1 Å². The molecule has 1 unspecified atom stereocenters. The number of hydrogen-bond acceptors (Lipinski definition) is 4. The van der Waals surface area contributed by atoms with Gasteiger partial charge >= 0.3 is 5.97 Å². The number of rotatable bonds is 6. The fourth-order valence-corrected chi connectivity index (χ4v) is 1.95. The van der Waals surface area contributed by atoms with Crippen molar-refractivity contribution in [3.05, 3.63) is 17.5 Å². The highest BCUT2D eigenvalue weighted by Crippen LogP contribution is 2.11. The van der Waals surface area contributed by atoms with Crippen molar-refractivity contribution in [3.8, 4) is 0 Å². The van der Waals surface area contributed by atoms with Crippen molar-refractivity contribution in [1.82, 2.24) is 20.0 Å². The van der Waals surface area contributed by atoms with Crippen LogP contribution in [0.3, 0.4) is 0 Å². The van der Waals surface area contributed by atoms with Crippen LogP contribution >= 0.6 is 0 Å². The van der Waals surface area contributed by atoms with E-state index in [0.29, 0.717) is 18.8 Å². The molecule has 1 rings (SSSR count). The number of carbonyl (C=O) groups is 2. The first kappa shape index (κ1) is 15.2. The van der Waals surface area contributed by atoms with Crippen molar-refractivity contribution in [2.24, 2.45) is 13.0 Å². The highest BCUT2D eigenvalue weighted by molar-refractivity contribution is 5.88. The smallest absolute Gasteiger partial charge is 0.339 e. The number of nitrogens with zero attached hydrogens (tertiary/aromatic N) is 3. The minimum atomic E-state index is -0.990. The first-order valence-corrected chi connectivity index (χ1v) is 6.01. The Bertz CT molecular complexity index is 470. The van der Waals surface area contributed by atoms with Crippen molar-refractivity contribution in [1.29, 1.82) is 0 Å². The minimum Gasteiger partial charge on any atom is -0.478 e. The van der Waals surface area contributed by atoms with Crippen molar-refractivity contribution >= 4 is 11.9 Å². The molecule has 7 nitrogen and oxygen atoms in total. The van der Waals surface area contributed by atoms with Crippen LogP contribution in [0.15, 0.2) is 6.20 Å². The summed E-state index contributed by atoms with van der Waals surface area (Å²) in [6.07, 6.45) is 1.34. The van der Waals surface area contributed by atoms with E-state index < -0.39 is 5.97 Å². The van der Waals surface area contributed by atoms with Gasteiger partial charge < -0.3 is 10.4 Å². The van der Waals surface area contributed by atoms with Gasteiger partial charge in [0.25, 0.3) is 0 Å². The van der Waals surface area contributed by atoms with Crippen molar-refractivity contribution in [2.45, 2.75) is 13.5 Å². The second-order valence-electron chi connectivity index (χ2n) is 4.65. The third-order valence-corrected chi connectivity index (χ3v) is 2.99. The van der Waals surface area contributed by atoms with Gasteiger partial charge in [-0.3, -0.25) is 14.4 Å². The van der Waals surface area contributed by atoms with Crippen LogP contribution in [0.25, 0.3) is 0 Å². The zero-order chi connectivity index (χ0) is 14.6. The maximum absolute atomic E-state index is 11.4. The number of aromatic carboxylic acids is 1. The number of carbonyl (C=O) groups excluding carboxylic acids is 1. The van der Waals surface area contributed by atoms with Crippen LogP contribution in [0.5, 0.6) is 0 Å². The van der Waals surface area contributed by atoms with Gasteiger partial charge in [0.05, 0.1) is 11.9 Å². The van der Waals surface area contributed by atoms with Crippen LogP contribution in [0.4, 0.5) is 0 Å². The normalized spacial score (nSPS) is 12.5. The van der Waals surface area contributed by atoms with E-state index in [1.807, 2.05) is 18.9 Å². The van der Waals surface area contributed by atoms with Gasteiger partial charge in [-0.25, -0.2) is 4.79 Å². The van der Waals surface area contributed by atoms with Crippen LogP contribution in [0.2, 0.25) is 0 Å². The molecule has 0 spiro atoms. The molecule has 1 aromatic heterocycles. The van der Waals surface area contributed by atoms with Gasteiger partial charge in [0.15, 0.2) is 0 Å². The van der Waals surface area contributed by atoms with E-state index in [2.05, 4.69) is 10.4 Å².